The summed E-state index contributed by atoms with van der Waals surface area (Å²) in [5.41, 5.74) is 3.12. The minimum absolute atomic E-state index is 0.194. The number of carbonyl (C=O) groups excluding carboxylic acids is 1. The zero-order chi connectivity index (χ0) is 18.2. The maximum atomic E-state index is 12.9. The fourth-order valence-electron chi connectivity index (χ4n) is 4.20. The number of aromatic nitrogens is 1. The summed E-state index contributed by atoms with van der Waals surface area (Å²) in [6.45, 7) is 3.93. The van der Waals surface area contributed by atoms with Crippen LogP contribution in [-0.2, 0) is 17.8 Å². The third-order valence-corrected chi connectivity index (χ3v) is 6.70. The molecule has 0 spiro atoms. The molecular weight excluding hydrogens is 358 g/mol. The van der Waals surface area contributed by atoms with E-state index in [0.717, 1.165) is 55.9 Å². The first kappa shape index (κ1) is 17.0. The average molecular weight is 382 g/mol. The molecule has 0 unspecified atom stereocenters. The van der Waals surface area contributed by atoms with E-state index in [0.29, 0.717) is 13.1 Å². The van der Waals surface area contributed by atoms with Crippen LogP contribution < -0.4 is 0 Å². The number of rotatable bonds is 3. The second-order valence-corrected chi connectivity index (χ2v) is 8.53. The minimum atomic E-state index is 0.194. The van der Waals surface area contributed by atoms with Crippen LogP contribution in [0.1, 0.15) is 35.1 Å². The SMILES string of the molecule is O=C(CN1CCc2sccc2C1)N1CCC[C@@H](c2nc3ccccc3o2)C1. The molecule has 140 valence electrons. The summed E-state index contributed by atoms with van der Waals surface area (Å²) in [5.74, 6) is 1.20. The molecule has 2 aliphatic rings. The number of amides is 1. The third kappa shape index (κ3) is 3.39. The summed E-state index contributed by atoms with van der Waals surface area (Å²) >= 11 is 1.83. The summed E-state index contributed by atoms with van der Waals surface area (Å²) in [4.78, 5) is 23.3. The largest absolute Gasteiger partial charge is 0.440 e. The van der Waals surface area contributed by atoms with Crippen LogP contribution in [-0.4, -0.2) is 46.9 Å². The second kappa shape index (κ2) is 7.09. The quantitative estimate of drug-likeness (QED) is 0.695. The first-order chi connectivity index (χ1) is 13.3. The molecule has 1 saturated heterocycles. The van der Waals surface area contributed by atoms with Gasteiger partial charge < -0.3 is 9.32 Å². The van der Waals surface area contributed by atoms with E-state index < -0.39 is 0 Å². The molecule has 0 bridgehead atoms. The van der Waals surface area contributed by atoms with Crippen molar-refractivity contribution in [2.75, 3.05) is 26.2 Å². The van der Waals surface area contributed by atoms with Crippen molar-refractivity contribution in [3.63, 3.8) is 0 Å². The molecule has 4 heterocycles. The average Bonchev–Trinajstić information content (AvgIpc) is 3.34. The van der Waals surface area contributed by atoms with Crippen molar-refractivity contribution in [2.24, 2.45) is 0 Å². The maximum absolute atomic E-state index is 12.9. The molecule has 1 atom stereocenters. The number of benzene rings is 1. The van der Waals surface area contributed by atoms with E-state index in [4.69, 9.17) is 4.42 Å². The molecule has 2 aliphatic heterocycles. The summed E-state index contributed by atoms with van der Waals surface area (Å²) in [6, 6.07) is 10.1. The van der Waals surface area contributed by atoms with Gasteiger partial charge in [-0.15, -0.1) is 11.3 Å². The van der Waals surface area contributed by atoms with Crippen molar-refractivity contribution in [1.82, 2.24) is 14.8 Å². The molecule has 27 heavy (non-hydrogen) atoms. The maximum Gasteiger partial charge on any atom is 0.236 e. The molecule has 0 saturated carbocycles. The Labute approximate surface area is 162 Å². The van der Waals surface area contributed by atoms with Crippen molar-refractivity contribution < 1.29 is 9.21 Å². The summed E-state index contributed by atoms with van der Waals surface area (Å²) in [6.07, 6.45) is 3.09. The topological polar surface area (TPSA) is 49.6 Å². The highest BCUT2D eigenvalue weighted by Gasteiger charge is 2.29. The Morgan fingerprint density at radius 2 is 2.19 bits per heavy atom. The number of piperidine rings is 1. The number of likely N-dealkylation sites (tertiary alicyclic amines) is 1. The number of oxazole rings is 1. The van der Waals surface area contributed by atoms with E-state index >= 15 is 0 Å². The van der Waals surface area contributed by atoms with Crippen molar-refractivity contribution in [1.29, 1.82) is 0 Å². The lowest BCUT2D eigenvalue weighted by Crippen LogP contribution is -2.45. The predicted octanol–water partition coefficient (Wildman–Crippen LogP) is 3.65. The van der Waals surface area contributed by atoms with Crippen LogP contribution in [0.2, 0.25) is 0 Å². The number of para-hydroxylation sites is 2. The third-order valence-electron chi connectivity index (χ3n) is 5.68. The van der Waals surface area contributed by atoms with Gasteiger partial charge in [0.15, 0.2) is 11.5 Å². The molecule has 2 aromatic heterocycles. The Morgan fingerprint density at radius 3 is 3.11 bits per heavy atom. The predicted molar refractivity (Wildman–Crippen MR) is 106 cm³/mol. The Morgan fingerprint density at radius 1 is 1.26 bits per heavy atom. The normalized spacial score (nSPS) is 20.7. The molecule has 5 rings (SSSR count). The van der Waals surface area contributed by atoms with Crippen molar-refractivity contribution in [3.05, 3.63) is 52.0 Å². The van der Waals surface area contributed by atoms with E-state index in [-0.39, 0.29) is 11.8 Å². The van der Waals surface area contributed by atoms with Crippen LogP contribution in [0.15, 0.2) is 40.1 Å². The lowest BCUT2D eigenvalue weighted by Gasteiger charge is -2.34. The summed E-state index contributed by atoms with van der Waals surface area (Å²) < 4.78 is 5.96. The molecule has 3 aromatic rings. The van der Waals surface area contributed by atoms with Gasteiger partial charge in [0.2, 0.25) is 5.91 Å². The molecule has 0 N–H and O–H groups in total. The van der Waals surface area contributed by atoms with Gasteiger partial charge in [0.25, 0.3) is 0 Å². The number of carbonyl (C=O) groups is 1. The standard InChI is InChI=1S/C21H23N3O2S/c25-20(14-23-10-7-19-15(12-23)8-11-27-19)24-9-3-4-16(13-24)21-22-17-5-1-2-6-18(17)26-21/h1-2,5-6,8,11,16H,3-4,7,9-10,12-14H2/t16-/m1/s1. The fraction of sp³-hybridized carbons (Fsp3) is 0.429. The van der Waals surface area contributed by atoms with Crippen LogP contribution in [0.4, 0.5) is 0 Å². The molecule has 1 fully saturated rings. The Kier molecular flexibility index (Phi) is 4.45. The number of thiophene rings is 1. The molecule has 0 radical (unpaired) electrons. The first-order valence-electron chi connectivity index (χ1n) is 9.67. The van der Waals surface area contributed by atoms with Gasteiger partial charge in [-0.2, -0.15) is 0 Å². The second-order valence-electron chi connectivity index (χ2n) is 7.53. The smallest absolute Gasteiger partial charge is 0.236 e. The number of nitrogens with zero attached hydrogens (tertiary/aromatic N) is 3. The van der Waals surface area contributed by atoms with Gasteiger partial charge in [-0.25, -0.2) is 4.98 Å². The Balaban J connectivity index is 1.24. The Hall–Kier alpha value is -2.18. The van der Waals surface area contributed by atoms with E-state index in [9.17, 15) is 4.79 Å². The monoisotopic (exact) mass is 381 g/mol. The molecule has 1 aromatic carbocycles. The van der Waals surface area contributed by atoms with Crippen LogP contribution in [0.3, 0.4) is 0 Å². The van der Waals surface area contributed by atoms with Gasteiger partial charge in [0.1, 0.15) is 5.52 Å². The summed E-state index contributed by atoms with van der Waals surface area (Å²) in [5, 5.41) is 2.16. The van der Waals surface area contributed by atoms with E-state index in [2.05, 4.69) is 21.3 Å². The van der Waals surface area contributed by atoms with Gasteiger partial charge in [-0.05, 0) is 48.4 Å². The van der Waals surface area contributed by atoms with Crippen molar-refractivity contribution in [3.8, 4) is 0 Å². The van der Waals surface area contributed by atoms with Gasteiger partial charge in [0, 0.05) is 31.1 Å². The van der Waals surface area contributed by atoms with E-state index in [1.54, 1.807) is 0 Å². The van der Waals surface area contributed by atoms with Crippen LogP contribution in [0.5, 0.6) is 0 Å². The highest BCUT2D eigenvalue weighted by Crippen LogP contribution is 2.29. The molecule has 0 aliphatic carbocycles. The van der Waals surface area contributed by atoms with Crippen molar-refractivity contribution >= 4 is 28.3 Å². The molecule has 1 amide bonds. The molecular formula is C21H23N3O2S. The summed E-state index contributed by atoms with van der Waals surface area (Å²) in [7, 11) is 0. The van der Waals surface area contributed by atoms with E-state index in [1.165, 1.54) is 10.4 Å². The minimum Gasteiger partial charge on any atom is -0.440 e. The fourth-order valence-corrected chi connectivity index (χ4v) is 5.09. The van der Waals surface area contributed by atoms with Gasteiger partial charge >= 0.3 is 0 Å². The van der Waals surface area contributed by atoms with Crippen molar-refractivity contribution in [2.45, 2.75) is 31.7 Å². The zero-order valence-electron chi connectivity index (χ0n) is 15.3. The lowest BCUT2D eigenvalue weighted by molar-refractivity contribution is -0.134. The van der Waals surface area contributed by atoms with Gasteiger partial charge in [0.05, 0.1) is 12.5 Å². The molecule has 5 nitrogen and oxygen atoms in total. The van der Waals surface area contributed by atoms with Gasteiger partial charge in [-0.1, -0.05) is 12.1 Å². The number of hydrogen-bond acceptors (Lipinski definition) is 5. The highest BCUT2D eigenvalue weighted by atomic mass is 32.1. The number of fused-ring (bicyclic) bond motifs is 2. The van der Waals surface area contributed by atoms with Crippen LogP contribution >= 0.6 is 11.3 Å². The van der Waals surface area contributed by atoms with Crippen LogP contribution in [0.25, 0.3) is 11.1 Å². The first-order valence-corrected chi connectivity index (χ1v) is 10.5. The van der Waals surface area contributed by atoms with Crippen LogP contribution in [0, 0.1) is 0 Å². The highest BCUT2D eigenvalue weighted by molar-refractivity contribution is 7.10. The molecule has 6 heteroatoms. The van der Waals surface area contributed by atoms with E-state index in [1.807, 2.05) is 40.5 Å². The zero-order valence-corrected chi connectivity index (χ0v) is 16.1. The number of hydrogen-bond donors (Lipinski definition) is 0. The lowest BCUT2D eigenvalue weighted by atomic mass is 9.98. The Bertz CT molecular complexity index is 930. The van der Waals surface area contributed by atoms with Gasteiger partial charge in [-0.3, -0.25) is 9.69 Å².